The second-order valence-electron chi connectivity index (χ2n) is 3.84. The van der Waals surface area contributed by atoms with E-state index in [2.05, 4.69) is 29.1 Å². The second-order valence-corrected chi connectivity index (χ2v) is 3.84. The van der Waals surface area contributed by atoms with Crippen molar-refractivity contribution >= 4 is 16.9 Å². The quantitative estimate of drug-likeness (QED) is 0.833. The summed E-state index contributed by atoms with van der Waals surface area (Å²) >= 11 is 0. The summed E-state index contributed by atoms with van der Waals surface area (Å²) in [6, 6.07) is 2.48. The highest BCUT2D eigenvalue weighted by Gasteiger charge is 2.07. The third-order valence-electron chi connectivity index (χ3n) is 2.66. The first kappa shape index (κ1) is 9.96. The summed E-state index contributed by atoms with van der Waals surface area (Å²) in [5.74, 6) is 0.926. The molecule has 0 amide bonds. The van der Waals surface area contributed by atoms with E-state index >= 15 is 0 Å². The number of fused-ring (bicyclic) bond motifs is 1. The number of rotatable bonds is 3. The molecule has 15 heavy (non-hydrogen) atoms. The van der Waals surface area contributed by atoms with Crippen molar-refractivity contribution in [2.24, 2.45) is 7.05 Å². The summed E-state index contributed by atoms with van der Waals surface area (Å²) in [6.07, 6.45) is 4.69. The lowest BCUT2D eigenvalue weighted by Crippen LogP contribution is -2.14. The Morgan fingerprint density at radius 2 is 2.27 bits per heavy atom. The molecule has 2 rings (SSSR count). The summed E-state index contributed by atoms with van der Waals surface area (Å²) < 4.78 is 2.00. The first-order valence-electron chi connectivity index (χ1n) is 5.25. The molecular weight excluding hydrogens is 188 g/mol. The van der Waals surface area contributed by atoms with Gasteiger partial charge in [-0.05, 0) is 19.4 Å². The summed E-state index contributed by atoms with van der Waals surface area (Å²) in [5.41, 5.74) is 0.968. The van der Waals surface area contributed by atoms with Crippen molar-refractivity contribution in [1.82, 2.24) is 14.5 Å². The molecule has 0 radical (unpaired) electrons. The van der Waals surface area contributed by atoms with Gasteiger partial charge in [0.25, 0.3) is 0 Å². The number of nitrogens with one attached hydrogen (secondary N) is 1. The van der Waals surface area contributed by atoms with Gasteiger partial charge in [0.2, 0.25) is 0 Å². The largest absolute Gasteiger partial charge is 0.367 e. The van der Waals surface area contributed by atoms with E-state index in [1.165, 1.54) is 0 Å². The van der Waals surface area contributed by atoms with Crippen LogP contribution in [0.15, 0.2) is 18.6 Å². The van der Waals surface area contributed by atoms with E-state index in [4.69, 9.17) is 0 Å². The zero-order valence-electron chi connectivity index (χ0n) is 9.36. The predicted molar refractivity (Wildman–Crippen MR) is 61.9 cm³/mol. The van der Waals surface area contributed by atoms with Gasteiger partial charge in [-0.2, -0.15) is 0 Å². The van der Waals surface area contributed by atoms with Crippen LogP contribution in [0.25, 0.3) is 11.0 Å². The van der Waals surface area contributed by atoms with E-state index < -0.39 is 0 Å². The maximum Gasteiger partial charge on any atom is 0.145 e. The minimum Gasteiger partial charge on any atom is -0.367 e. The molecule has 0 saturated carbocycles. The lowest BCUT2D eigenvalue weighted by Gasteiger charge is -2.12. The molecule has 0 aliphatic carbocycles. The zero-order chi connectivity index (χ0) is 10.8. The minimum absolute atomic E-state index is 0.434. The van der Waals surface area contributed by atoms with Crippen LogP contribution < -0.4 is 5.32 Å². The Morgan fingerprint density at radius 3 is 3.00 bits per heavy atom. The molecule has 0 fully saturated rings. The fraction of sp³-hybridized carbons (Fsp3) is 0.455. The van der Waals surface area contributed by atoms with E-state index in [0.29, 0.717) is 6.04 Å². The standard InChI is InChI=1S/C11H16N4/c1-4-8(2)14-10-9-5-6-15(3)11(9)13-7-12-10/h5-8H,4H2,1-3H3,(H,12,13,14). The van der Waals surface area contributed by atoms with Gasteiger partial charge >= 0.3 is 0 Å². The van der Waals surface area contributed by atoms with Crippen LogP contribution in [-0.2, 0) is 7.05 Å². The molecule has 0 aromatic carbocycles. The first-order valence-corrected chi connectivity index (χ1v) is 5.25. The Bertz CT molecular complexity index is 461. The molecule has 0 bridgehead atoms. The van der Waals surface area contributed by atoms with E-state index in [1.807, 2.05) is 23.9 Å². The predicted octanol–water partition coefficient (Wildman–Crippen LogP) is 2.18. The van der Waals surface area contributed by atoms with Crippen LogP contribution in [0.2, 0.25) is 0 Å². The average molecular weight is 204 g/mol. The normalized spacial score (nSPS) is 13.0. The first-order chi connectivity index (χ1) is 7.22. The summed E-state index contributed by atoms with van der Waals surface area (Å²) in [7, 11) is 1.99. The topological polar surface area (TPSA) is 42.7 Å². The van der Waals surface area contributed by atoms with Crippen molar-refractivity contribution in [3.05, 3.63) is 18.6 Å². The Morgan fingerprint density at radius 1 is 1.47 bits per heavy atom. The molecule has 2 aromatic heterocycles. The van der Waals surface area contributed by atoms with Crippen LogP contribution >= 0.6 is 0 Å². The molecule has 0 spiro atoms. The van der Waals surface area contributed by atoms with Crippen molar-refractivity contribution in [3.8, 4) is 0 Å². The molecule has 0 saturated heterocycles. The highest BCUT2D eigenvalue weighted by atomic mass is 15.1. The van der Waals surface area contributed by atoms with E-state index in [1.54, 1.807) is 6.33 Å². The molecule has 4 heteroatoms. The van der Waals surface area contributed by atoms with Gasteiger partial charge in [-0.15, -0.1) is 0 Å². The van der Waals surface area contributed by atoms with Crippen molar-refractivity contribution in [1.29, 1.82) is 0 Å². The van der Waals surface area contributed by atoms with Crippen LogP contribution in [0.5, 0.6) is 0 Å². The van der Waals surface area contributed by atoms with E-state index in [0.717, 1.165) is 23.3 Å². The van der Waals surface area contributed by atoms with Crippen molar-refractivity contribution in [2.75, 3.05) is 5.32 Å². The Hall–Kier alpha value is -1.58. The monoisotopic (exact) mass is 204 g/mol. The highest BCUT2D eigenvalue weighted by Crippen LogP contribution is 2.20. The highest BCUT2D eigenvalue weighted by molar-refractivity contribution is 5.87. The van der Waals surface area contributed by atoms with Crippen LogP contribution in [-0.4, -0.2) is 20.6 Å². The molecule has 2 heterocycles. The molecule has 80 valence electrons. The van der Waals surface area contributed by atoms with Crippen molar-refractivity contribution in [3.63, 3.8) is 0 Å². The molecule has 0 aliphatic rings. The summed E-state index contributed by atoms with van der Waals surface area (Å²) in [5, 5.41) is 4.47. The molecule has 1 N–H and O–H groups in total. The molecule has 1 unspecified atom stereocenters. The molecule has 1 atom stereocenters. The maximum absolute atomic E-state index is 4.27. The van der Waals surface area contributed by atoms with Gasteiger partial charge in [-0.25, -0.2) is 9.97 Å². The number of hydrogen-bond donors (Lipinski definition) is 1. The number of anilines is 1. The zero-order valence-corrected chi connectivity index (χ0v) is 9.36. The van der Waals surface area contributed by atoms with Crippen LogP contribution in [0.1, 0.15) is 20.3 Å². The number of aromatic nitrogens is 3. The number of hydrogen-bond acceptors (Lipinski definition) is 3. The van der Waals surface area contributed by atoms with Gasteiger partial charge in [-0.1, -0.05) is 6.92 Å². The van der Waals surface area contributed by atoms with Gasteiger partial charge in [0.1, 0.15) is 17.8 Å². The fourth-order valence-electron chi connectivity index (χ4n) is 1.53. The molecular formula is C11H16N4. The van der Waals surface area contributed by atoms with Gasteiger partial charge in [0, 0.05) is 19.3 Å². The smallest absolute Gasteiger partial charge is 0.145 e. The lowest BCUT2D eigenvalue weighted by molar-refractivity contribution is 0.760. The number of aryl methyl sites for hydroxylation is 1. The Balaban J connectivity index is 2.43. The third kappa shape index (κ3) is 1.79. The summed E-state index contributed by atoms with van der Waals surface area (Å²) in [6.45, 7) is 4.30. The number of nitrogens with zero attached hydrogens (tertiary/aromatic N) is 3. The summed E-state index contributed by atoms with van der Waals surface area (Å²) in [4.78, 5) is 8.52. The van der Waals surface area contributed by atoms with Crippen LogP contribution in [0.4, 0.5) is 5.82 Å². The SMILES string of the molecule is CCC(C)Nc1ncnc2c1ccn2C. The lowest BCUT2D eigenvalue weighted by atomic mass is 10.2. The van der Waals surface area contributed by atoms with Crippen LogP contribution in [0, 0.1) is 0 Å². The second kappa shape index (κ2) is 3.88. The molecule has 0 aliphatic heterocycles. The Kier molecular flexibility index (Phi) is 2.58. The minimum atomic E-state index is 0.434. The van der Waals surface area contributed by atoms with E-state index in [-0.39, 0.29) is 0 Å². The van der Waals surface area contributed by atoms with Gasteiger partial charge in [-0.3, -0.25) is 0 Å². The Labute approximate surface area is 89.3 Å². The average Bonchev–Trinajstić information content (AvgIpc) is 2.62. The van der Waals surface area contributed by atoms with Crippen LogP contribution in [0.3, 0.4) is 0 Å². The molecule has 4 nitrogen and oxygen atoms in total. The van der Waals surface area contributed by atoms with Gasteiger partial charge in [0.15, 0.2) is 0 Å². The van der Waals surface area contributed by atoms with Gasteiger partial charge in [0.05, 0.1) is 5.39 Å². The maximum atomic E-state index is 4.27. The fourth-order valence-corrected chi connectivity index (χ4v) is 1.53. The van der Waals surface area contributed by atoms with Crippen molar-refractivity contribution < 1.29 is 0 Å². The van der Waals surface area contributed by atoms with Crippen molar-refractivity contribution in [2.45, 2.75) is 26.3 Å². The molecule has 2 aromatic rings. The van der Waals surface area contributed by atoms with E-state index in [9.17, 15) is 0 Å². The third-order valence-corrected chi connectivity index (χ3v) is 2.66. The van der Waals surface area contributed by atoms with Gasteiger partial charge < -0.3 is 9.88 Å².